The molecule has 7 nitrogen and oxygen atoms in total. The Morgan fingerprint density at radius 2 is 1.70 bits per heavy atom. The number of nitrogens with zero attached hydrogens (tertiary/aromatic N) is 1. The molecule has 2 aliphatic carbocycles. The van der Waals surface area contributed by atoms with E-state index in [1.54, 1.807) is 5.32 Å². The van der Waals surface area contributed by atoms with Crippen LogP contribution in [0.25, 0.3) is 0 Å². The topological polar surface area (TPSA) is 95.5 Å². The van der Waals surface area contributed by atoms with Crippen molar-refractivity contribution in [3.8, 4) is 0 Å². The van der Waals surface area contributed by atoms with E-state index in [9.17, 15) is 27.6 Å². The number of carboxylic acid groups (broad SMARTS) is 1. The molecule has 3 N–H and O–H groups in total. The maximum absolute atomic E-state index is 13.2. The number of hydrogen-bond donors (Lipinski definition) is 3. The second kappa shape index (κ2) is 8.36. The Morgan fingerprint density at radius 1 is 1.10 bits per heavy atom. The number of halogens is 3. The van der Waals surface area contributed by atoms with Crippen molar-refractivity contribution < 1.29 is 37.1 Å². The highest BCUT2D eigenvalue weighted by Crippen LogP contribution is 2.57. The Kier molecular flexibility index (Phi) is 6.36. The van der Waals surface area contributed by atoms with Crippen LogP contribution in [0.15, 0.2) is 0 Å². The minimum Gasteiger partial charge on any atom is -0.481 e. The van der Waals surface area contributed by atoms with Gasteiger partial charge in [0, 0.05) is 25.7 Å². The minimum atomic E-state index is -4.92. The van der Waals surface area contributed by atoms with Crippen LogP contribution >= 0.6 is 0 Å². The van der Waals surface area contributed by atoms with Crippen molar-refractivity contribution in [2.24, 2.45) is 5.92 Å². The summed E-state index contributed by atoms with van der Waals surface area (Å²) in [5.74, 6) is -1.10. The summed E-state index contributed by atoms with van der Waals surface area (Å²) in [5, 5.41) is 12.5. The van der Waals surface area contributed by atoms with Gasteiger partial charge in [-0.25, -0.2) is 19.4 Å². The van der Waals surface area contributed by atoms with Crippen molar-refractivity contribution in [3.63, 3.8) is 0 Å². The number of carbonyl (C=O) groups is 3. The summed E-state index contributed by atoms with van der Waals surface area (Å²) in [6.45, 7) is 2.80. The molecule has 3 aliphatic rings. The van der Waals surface area contributed by atoms with Gasteiger partial charge in [0.15, 0.2) is 5.54 Å². The van der Waals surface area contributed by atoms with E-state index in [1.807, 2.05) is 0 Å². The van der Waals surface area contributed by atoms with Crippen LogP contribution < -0.4 is 10.6 Å². The first kappa shape index (κ1) is 22.8. The van der Waals surface area contributed by atoms with Gasteiger partial charge in [-0.15, -0.1) is 0 Å². The minimum absolute atomic E-state index is 0.0809. The number of amides is 4. The molecule has 1 aliphatic heterocycles. The molecule has 0 bridgehead atoms. The summed E-state index contributed by atoms with van der Waals surface area (Å²) in [7, 11) is 0. The third kappa shape index (κ3) is 4.43. The molecule has 3 rings (SSSR count). The van der Waals surface area contributed by atoms with Gasteiger partial charge in [0.25, 0.3) is 0 Å². The molecule has 0 aromatic heterocycles. The molecule has 10 heteroatoms. The molecule has 2 saturated carbocycles. The third-order valence-corrected chi connectivity index (χ3v) is 7.35. The average Bonchev–Trinajstić information content (AvgIpc) is 3.33. The second-order valence-electron chi connectivity index (χ2n) is 9.32. The van der Waals surface area contributed by atoms with Gasteiger partial charge in [-0.2, -0.15) is 13.2 Å². The lowest BCUT2D eigenvalue weighted by Gasteiger charge is -2.36. The molecule has 4 amide bonds. The van der Waals surface area contributed by atoms with Crippen molar-refractivity contribution in [1.82, 2.24) is 10.6 Å². The molecule has 0 aromatic rings. The van der Waals surface area contributed by atoms with Crippen LogP contribution in [0.4, 0.5) is 22.8 Å². The molecule has 2 atom stereocenters. The van der Waals surface area contributed by atoms with Gasteiger partial charge in [-0.3, -0.25) is 4.79 Å². The number of nitrogens with one attached hydrogen (secondary N) is 2. The molecule has 1 spiro atoms. The molecular formula is C20H31F3N3O4+. The fraction of sp³-hybridized carbons (Fsp3) is 0.850. The Hall–Kier alpha value is -1.84. The predicted octanol–water partition coefficient (Wildman–Crippen LogP) is 3.92. The highest BCUT2D eigenvalue weighted by Gasteiger charge is 2.76. The summed E-state index contributed by atoms with van der Waals surface area (Å²) in [6, 6.07) is -4.31. The van der Waals surface area contributed by atoms with Crippen molar-refractivity contribution in [3.05, 3.63) is 0 Å². The molecule has 2 unspecified atom stereocenters. The lowest BCUT2D eigenvalue weighted by molar-refractivity contribution is -0.779. The monoisotopic (exact) mass is 434 g/mol. The standard InChI is InChI=1S/C20H30F3N3O4/c1-13-7-9-19(10-8-13)12-26(19,14-5-3-2-4-6-14)18(30)25-17(29)24-15(11-16(27)28)20(21,22)23/h13-15H,2-12H2,1H3,(H2-,24,25,27,28,29,30)/p+1. The SMILES string of the molecule is CC1CCC2(CC1)C[N+]2(C(=O)NC(=O)NC(CC(=O)O)C(F)(F)F)C1CCCCC1. The highest BCUT2D eigenvalue weighted by atomic mass is 19.4. The van der Waals surface area contributed by atoms with Gasteiger partial charge in [0.2, 0.25) is 0 Å². The number of aliphatic carboxylic acids is 1. The number of carboxylic acids is 1. The van der Waals surface area contributed by atoms with Crippen LogP contribution in [0, 0.1) is 5.92 Å². The smallest absolute Gasteiger partial charge is 0.425 e. The third-order valence-electron chi connectivity index (χ3n) is 7.35. The predicted molar refractivity (Wildman–Crippen MR) is 102 cm³/mol. The lowest BCUT2D eigenvalue weighted by atomic mass is 9.81. The van der Waals surface area contributed by atoms with E-state index in [0.29, 0.717) is 12.5 Å². The molecule has 0 radical (unpaired) electrons. The molecule has 170 valence electrons. The highest BCUT2D eigenvalue weighted by molar-refractivity contribution is 5.91. The Balaban J connectivity index is 1.73. The van der Waals surface area contributed by atoms with E-state index in [-0.39, 0.29) is 16.1 Å². The molecule has 3 fully saturated rings. The Morgan fingerprint density at radius 3 is 2.23 bits per heavy atom. The molecule has 30 heavy (non-hydrogen) atoms. The fourth-order valence-electron chi connectivity index (χ4n) is 5.59. The summed E-state index contributed by atoms with van der Waals surface area (Å²) < 4.78 is 39.3. The van der Waals surface area contributed by atoms with Gasteiger partial charge < -0.3 is 10.4 Å². The molecule has 1 heterocycles. The first-order valence-corrected chi connectivity index (χ1v) is 10.8. The lowest BCUT2D eigenvalue weighted by Crippen LogP contribution is -2.59. The van der Waals surface area contributed by atoms with Crippen LogP contribution in [-0.4, -0.2) is 58.0 Å². The van der Waals surface area contributed by atoms with Crippen molar-refractivity contribution >= 4 is 18.0 Å². The van der Waals surface area contributed by atoms with Gasteiger partial charge >= 0.3 is 24.2 Å². The van der Waals surface area contributed by atoms with Gasteiger partial charge in [0.05, 0.1) is 12.5 Å². The first-order chi connectivity index (χ1) is 14.0. The van der Waals surface area contributed by atoms with Gasteiger partial charge in [0.1, 0.15) is 12.6 Å². The van der Waals surface area contributed by atoms with E-state index >= 15 is 0 Å². The number of quaternary nitrogens is 1. The van der Waals surface area contributed by atoms with E-state index < -0.39 is 36.7 Å². The number of rotatable bonds is 4. The summed E-state index contributed by atoms with van der Waals surface area (Å²) in [6.07, 6.45) is 2.40. The van der Waals surface area contributed by atoms with Gasteiger partial charge in [-0.05, 0) is 31.6 Å². The molecule has 0 aromatic carbocycles. The fourth-order valence-corrected chi connectivity index (χ4v) is 5.59. The maximum Gasteiger partial charge on any atom is 0.425 e. The van der Waals surface area contributed by atoms with Crippen LogP contribution in [0.3, 0.4) is 0 Å². The van der Waals surface area contributed by atoms with E-state index in [1.165, 1.54) is 0 Å². The molecule has 1 saturated heterocycles. The van der Waals surface area contributed by atoms with Crippen molar-refractivity contribution in [2.75, 3.05) is 6.54 Å². The van der Waals surface area contributed by atoms with E-state index in [4.69, 9.17) is 5.11 Å². The first-order valence-electron chi connectivity index (χ1n) is 10.8. The van der Waals surface area contributed by atoms with Crippen molar-refractivity contribution in [2.45, 2.75) is 94.9 Å². The maximum atomic E-state index is 13.2. The quantitative estimate of drug-likeness (QED) is 0.462. The summed E-state index contributed by atoms with van der Waals surface area (Å²) >= 11 is 0. The summed E-state index contributed by atoms with van der Waals surface area (Å²) in [5.41, 5.74) is -0.219. The normalized spacial score (nSPS) is 33.0. The van der Waals surface area contributed by atoms with Crippen LogP contribution in [0.2, 0.25) is 0 Å². The van der Waals surface area contributed by atoms with Crippen LogP contribution in [-0.2, 0) is 4.79 Å². The van der Waals surface area contributed by atoms with Crippen LogP contribution in [0.1, 0.15) is 71.1 Å². The second-order valence-corrected chi connectivity index (χ2v) is 9.32. The number of carbonyl (C=O) groups excluding carboxylic acids is 2. The van der Waals surface area contributed by atoms with E-state index in [0.717, 1.165) is 57.8 Å². The Labute approximate surface area is 174 Å². The number of hydrogen-bond acceptors (Lipinski definition) is 3. The van der Waals surface area contributed by atoms with Crippen LogP contribution in [0.5, 0.6) is 0 Å². The molecular weight excluding hydrogens is 403 g/mol. The largest absolute Gasteiger partial charge is 0.481 e. The zero-order valence-corrected chi connectivity index (χ0v) is 17.3. The average molecular weight is 434 g/mol. The Bertz CT molecular complexity index is 685. The summed E-state index contributed by atoms with van der Waals surface area (Å²) in [4.78, 5) is 36.2. The van der Waals surface area contributed by atoms with Crippen molar-refractivity contribution in [1.29, 1.82) is 0 Å². The number of alkyl halides is 3. The zero-order chi connectivity index (χ0) is 22.2. The number of urea groups is 2. The van der Waals surface area contributed by atoms with Gasteiger partial charge in [-0.1, -0.05) is 13.3 Å². The number of imide groups is 1. The van der Waals surface area contributed by atoms with E-state index in [2.05, 4.69) is 12.2 Å². The zero-order valence-electron chi connectivity index (χ0n) is 17.3.